The molecule has 0 radical (unpaired) electrons. The third-order valence-corrected chi connectivity index (χ3v) is 5.92. The first-order valence-electron chi connectivity index (χ1n) is 13.0. The zero-order valence-corrected chi connectivity index (χ0v) is 27.0. The van der Waals surface area contributed by atoms with Gasteiger partial charge >= 0.3 is 29.6 Å². The van der Waals surface area contributed by atoms with Crippen LogP contribution in [0.5, 0.6) is 0 Å². The molecule has 0 bridgehead atoms. The van der Waals surface area contributed by atoms with Crippen molar-refractivity contribution in [2.75, 3.05) is 37.3 Å². The number of anilines is 2. The molecule has 1 unspecified atom stereocenters. The van der Waals surface area contributed by atoms with Crippen molar-refractivity contribution in [3.63, 3.8) is 0 Å². The van der Waals surface area contributed by atoms with Crippen LogP contribution in [-0.4, -0.2) is 60.8 Å². The Morgan fingerprint density at radius 2 is 2.02 bits per heavy atom. The summed E-state index contributed by atoms with van der Waals surface area (Å²) in [4.78, 5) is 35.2. The van der Waals surface area contributed by atoms with Gasteiger partial charge in [-0.15, -0.1) is 11.6 Å². The number of carbonyl (C=O) groups excluding carboxylic acids is 2. The van der Waals surface area contributed by atoms with Crippen molar-refractivity contribution in [3.8, 4) is 0 Å². The number of nitrogens with one attached hydrogen (secondary N) is 3. The number of allylic oxidation sites excluding steroid dienone is 4. The maximum absolute atomic E-state index is 12.6. The van der Waals surface area contributed by atoms with E-state index in [1.807, 2.05) is 13.8 Å². The summed E-state index contributed by atoms with van der Waals surface area (Å²) >= 11 is 0. The van der Waals surface area contributed by atoms with E-state index < -0.39 is 5.91 Å². The first-order chi connectivity index (χ1) is 18.5. The number of likely N-dealkylation sites (tertiary alicyclic amines) is 1. The fraction of sp³-hybridized carbons (Fsp3) is 0.433. The van der Waals surface area contributed by atoms with E-state index in [1.165, 1.54) is 12.3 Å². The van der Waals surface area contributed by atoms with Gasteiger partial charge in [-0.2, -0.15) is 12.7 Å². The molecule has 5 N–H and O–H groups in total. The summed E-state index contributed by atoms with van der Waals surface area (Å²) in [7, 11) is 1.69. The first kappa shape index (κ1) is 37.1. The molecule has 10 heteroatoms. The van der Waals surface area contributed by atoms with Gasteiger partial charge < -0.3 is 36.5 Å². The number of pyridine rings is 1. The third kappa shape index (κ3) is 12.6. The fourth-order valence-corrected chi connectivity index (χ4v) is 3.86. The number of aromatic nitrogens is 1. The van der Waals surface area contributed by atoms with Gasteiger partial charge in [0.1, 0.15) is 0 Å². The van der Waals surface area contributed by atoms with Gasteiger partial charge in [0.25, 0.3) is 0 Å². The molecule has 0 spiro atoms. The van der Waals surface area contributed by atoms with Gasteiger partial charge in [-0.1, -0.05) is 57.8 Å². The van der Waals surface area contributed by atoms with Crippen molar-refractivity contribution in [2.45, 2.75) is 41.0 Å². The Hall–Kier alpha value is -2.85. The number of nitrogens with zero attached hydrogens (tertiary/aromatic N) is 3. The predicted molar refractivity (Wildman–Crippen MR) is 161 cm³/mol. The zero-order chi connectivity index (χ0) is 29.5. The molecule has 1 saturated heterocycles. The summed E-state index contributed by atoms with van der Waals surface area (Å²) < 4.78 is 0. The Morgan fingerprint density at radius 1 is 1.35 bits per heavy atom. The normalized spacial score (nSPS) is 15.8. The topological polar surface area (TPSA) is 137 Å². The quantitative estimate of drug-likeness (QED) is 0.107. The Balaban J connectivity index is 0.00000108. The van der Waals surface area contributed by atoms with Crippen LogP contribution in [0.3, 0.4) is 0 Å². The molecule has 2 amide bonds. The summed E-state index contributed by atoms with van der Waals surface area (Å²) in [5, 5.41) is 12.9. The van der Waals surface area contributed by atoms with Gasteiger partial charge in [0, 0.05) is 20.1 Å². The predicted octanol–water partition coefficient (Wildman–Crippen LogP) is 1.36. The Bertz CT molecular complexity index is 1120. The number of hydrogen-bond acceptors (Lipinski definition) is 7. The van der Waals surface area contributed by atoms with Crippen LogP contribution in [0.2, 0.25) is 0 Å². The summed E-state index contributed by atoms with van der Waals surface area (Å²) in [6.07, 6.45) is 10.4. The average molecular weight is 557 g/mol. The zero-order valence-electron chi connectivity index (χ0n) is 25.0. The van der Waals surface area contributed by atoms with E-state index in [2.05, 4.69) is 52.0 Å². The molecule has 1 aromatic heterocycles. The fourth-order valence-electron chi connectivity index (χ4n) is 3.86. The molecular formula is C30H43N7NaO2-. The van der Waals surface area contributed by atoms with Crippen LogP contribution in [0.4, 0.5) is 11.4 Å². The number of amides is 2. The summed E-state index contributed by atoms with van der Waals surface area (Å²) in [5.41, 5.74) is 8.59. The van der Waals surface area contributed by atoms with Crippen molar-refractivity contribution in [3.05, 3.63) is 66.2 Å². The second kappa shape index (κ2) is 19.3. The minimum atomic E-state index is -0.483. The molecule has 0 aliphatic carbocycles. The van der Waals surface area contributed by atoms with E-state index >= 15 is 0 Å². The Kier molecular flexibility index (Phi) is 17.9. The SMILES string of the molecule is C=C[C-]=C(C=N)C(=O)Nc1cc(NC(=O)C2CCN(CC(C)C)C2)cnc1C.[CH-]=C(/C(C=NC)=C/N)C(C)C.[Na+]. The minimum Gasteiger partial charge on any atom is -0.420 e. The van der Waals surface area contributed by atoms with Gasteiger partial charge in [0.2, 0.25) is 5.91 Å². The van der Waals surface area contributed by atoms with Crippen LogP contribution in [0.15, 0.2) is 52.8 Å². The van der Waals surface area contributed by atoms with Gasteiger partial charge in [-0.05, 0) is 31.9 Å². The van der Waals surface area contributed by atoms with Crippen molar-refractivity contribution in [2.24, 2.45) is 28.5 Å². The summed E-state index contributed by atoms with van der Waals surface area (Å²) in [6, 6.07) is 1.68. The molecule has 1 aliphatic rings. The van der Waals surface area contributed by atoms with Gasteiger partial charge in [-0.25, -0.2) is 5.57 Å². The molecule has 212 valence electrons. The summed E-state index contributed by atoms with van der Waals surface area (Å²) in [6.45, 7) is 22.0. The molecule has 2 heterocycles. The van der Waals surface area contributed by atoms with E-state index in [9.17, 15) is 9.59 Å². The van der Waals surface area contributed by atoms with Crippen LogP contribution in [0, 0.1) is 42.7 Å². The van der Waals surface area contributed by atoms with Crippen molar-refractivity contribution >= 4 is 35.6 Å². The van der Waals surface area contributed by atoms with E-state index in [0.717, 1.165) is 43.4 Å². The molecule has 0 saturated carbocycles. The van der Waals surface area contributed by atoms with Gasteiger partial charge in [0.15, 0.2) is 5.91 Å². The number of aryl methyl sites for hydroxylation is 1. The standard InChI is InChI=1S/C21H28N5O2.C9H15N2.Na/c1-5-6-16(10-22)20(27)25-19-9-18(11-23-15(19)4)24-21(28)17-7-8-26(13-17)12-14(2)3;1-7(2)8(3)9(5-10)6-11-4;/h5,9-11,14,17,22H,1,7-8,12-13H2,2-4H3,(H,24,28)(H,25,27);3,5-7H,10H2,1-2,4H3;/q2*-1;+1/b;9-5+,11-6?;. The molecule has 1 atom stereocenters. The number of nitrogens with two attached hydrogens (primary N) is 1. The molecule has 9 nitrogen and oxygen atoms in total. The first-order valence-corrected chi connectivity index (χ1v) is 13.0. The second-order valence-corrected chi connectivity index (χ2v) is 9.97. The number of carbonyl (C=O) groups is 2. The van der Waals surface area contributed by atoms with E-state index in [0.29, 0.717) is 28.9 Å². The van der Waals surface area contributed by atoms with Crippen molar-refractivity contribution in [1.29, 1.82) is 5.41 Å². The molecular weight excluding hydrogens is 513 g/mol. The van der Waals surface area contributed by atoms with Crippen LogP contribution in [0.1, 0.15) is 39.8 Å². The number of hydrogen-bond donors (Lipinski definition) is 4. The van der Waals surface area contributed by atoms with E-state index in [-0.39, 0.29) is 47.0 Å². The maximum atomic E-state index is 12.6. The second-order valence-electron chi connectivity index (χ2n) is 9.97. The largest absolute Gasteiger partial charge is 1.00 e. The van der Waals surface area contributed by atoms with Crippen molar-refractivity contribution < 1.29 is 39.1 Å². The third-order valence-electron chi connectivity index (χ3n) is 5.92. The van der Waals surface area contributed by atoms with Crippen LogP contribution in [-0.2, 0) is 9.59 Å². The van der Waals surface area contributed by atoms with E-state index in [4.69, 9.17) is 17.7 Å². The monoisotopic (exact) mass is 556 g/mol. The minimum absolute atomic E-state index is 0. The molecule has 1 aromatic rings. The molecule has 40 heavy (non-hydrogen) atoms. The van der Waals surface area contributed by atoms with Crippen LogP contribution >= 0.6 is 0 Å². The van der Waals surface area contributed by atoms with Gasteiger partial charge in [-0.3, -0.25) is 16.4 Å². The number of rotatable bonds is 11. The Morgan fingerprint density at radius 3 is 2.55 bits per heavy atom. The molecule has 1 aliphatic heterocycles. The van der Waals surface area contributed by atoms with Crippen LogP contribution in [0.25, 0.3) is 0 Å². The number of aliphatic imine (C=N–C) groups is 1. The van der Waals surface area contributed by atoms with E-state index in [1.54, 1.807) is 32.4 Å². The van der Waals surface area contributed by atoms with Crippen LogP contribution < -0.4 is 45.9 Å². The maximum Gasteiger partial charge on any atom is 1.00 e. The van der Waals surface area contributed by atoms with Crippen molar-refractivity contribution in [1.82, 2.24) is 9.88 Å². The average Bonchev–Trinajstić information content (AvgIpc) is 3.35. The molecule has 1 fully saturated rings. The summed E-state index contributed by atoms with van der Waals surface area (Å²) in [5.74, 6) is 0.320. The molecule has 0 aromatic carbocycles. The van der Waals surface area contributed by atoms with Gasteiger partial charge in [0.05, 0.1) is 29.2 Å². The Labute approximate surface area is 262 Å². The smallest absolute Gasteiger partial charge is 0.420 e. The molecule has 2 rings (SSSR count).